The molecule has 1 fully saturated rings. The number of anilines is 1. The summed E-state index contributed by atoms with van der Waals surface area (Å²) in [6.07, 6.45) is -4.01. The van der Waals surface area contributed by atoms with Crippen LogP contribution in [0, 0.1) is 20.8 Å². The third kappa shape index (κ3) is 4.70. The van der Waals surface area contributed by atoms with E-state index < -0.39 is 21.8 Å². The molecule has 3 aromatic heterocycles. The van der Waals surface area contributed by atoms with Gasteiger partial charge in [0.15, 0.2) is 9.84 Å². The predicted molar refractivity (Wildman–Crippen MR) is 111 cm³/mol. The third-order valence-electron chi connectivity index (χ3n) is 5.58. The highest BCUT2D eigenvalue weighted by atomic mass is 32.2. The average Bonchev–Trinajstić information content (AvgIpc) is 3.37. The van der Waals surface area contributed by atoms with Crippen LogP contribution in [-0.4, -0.2) is 55.2 Å². The van der Waals surface area contributed by atoms with Crippen LogP contribution < -0.4 is 5.32 Å². The van der Waals surface area contributed by atoms with Crippen molar-refractivity contribution in [2.75, 3.05) is 16.8 Å². The van der Waals surface area contributed by atoms with Crippen LogP contribution in [-0.2, 0) is 27.2 Å². The number of sulfone groups is 1. The number of halogens is 3. The first-order valence-electron chi connectivity index (χ1n) is 10.2. The molecule has 14 heteroatoms. The van der Waals surface area contributed by atoms with Crippen molar-refractivity contribution in [1.29, 1.82) is 0 Å². The van der Waals surface area contributed by atoms with Crippen LogP contribution in [0.5, 0.6) is 0 Å². The minimum Gasteiger partial charge on any atom is -0.311 e. The fourth-order valence-electron chi connectivity index (χ4n) is 3.99. The molecule has 0 spiro atoms. The van der Waals surface area contributed by atoms with Crippen molar-refractivity contribution in [2.45, 2.75) is 52.3 Å². The number of nitrogens with one attached hydrogen (secondary N) is 1. The van der Waals surface area contributed by atoms with Gasteiger partial charge >= 0.3 is 6.18 Å². The maximum absolute atomic E-state index is 12.9. The van der Waals surface area contributed by atoms with Crippen molar-refractivity contribution >= 4 is 27.3 Å². The number of hydrogen-bond acceptors (Lipinski definition) is 7. The Morgan fingerprint density at radius 3 is 2.58 bits per heavy atom. The van der Waals surface area contributed by atoms with Crippen LogP contribution in [0.2, 0.25) is 0 Å². The number of hydrogen-bond donors (Lipinski definition) is 1. The topological polar surface area (TPSA) is 124 Å². The van der Waals surface area contributed by atoms with Gasteiger partial charge in [0.1, 0.15) is 5.82 Å². The summed E-state index contributed by atoms with van der Waals surface area (Å²) in [4.78, 5) is 20.2. The number of carbonyl (C=O) groups is 1. The van der Waals surface area contributed by atoms with Crippen LogP contribution in [0.15, 0.2) is 6.07 Å². The lowest BCUT2D eigenvalue weighted by Gasteiger charge is -2.14. The van der Waals surface area contributed by atoms with Crippen LogP contribution in [0.1, 0.15) is 47.4 Å². The summed E-state index contributed by atoms with van der Waals surface area (Å²) in [6, 6.07) is 1.33. The van der Waals surface area contributed by atoms with Crippen LogP contribution in [0.25, 0.3) is 5.78 Å². The molecule has 1 unspecified atom stereocenters. The zero-order valence-electron chi connectivity index (χ0n) is 18.1. The molecule has 1 atom stereocenters. The molecule has 4 rings (SSSR count). The third-order valence-corrected chi connectivity index (χ3v) is 7.33. The largest absolute Gasteiger partial charge is 0.453 e. The summed E-state index contributed by atoms with van der Waals surface area (Å²) in [7, 11) is -3.13. The zero-order chi connectivity index (χ0) is 24.1. The normalized spacial score (nSPS) is 18.2. The summed E-state index contributed by atoms with van der Waals surface area (Å²) in [5.41, 5.74) is 2.13. The highest BCUT2D eigenvalue weighted by Gasteiger charge is 2.37. The summed E-state index contributed by atoms with van der Waals surface area (Å²) < 4.78 is 65.1. The first kappa shape index (κ1) is 23.1. The number of alkyl halides is 3. The van der Waals surface area contributed by atoms with E-state index in [1.807, 2.05) is 0 Å². The number of aryl methyl sites for hydroxylation is 3. The van der Waals surface area contributed by atoms with Gasteiger partial charge in [-0.15, -0.1) is 5.10 Å². The smallest absolute Gasteiger partial charge is 0.311 e. The Balaban J connectivity index is 1.50. The average molecular weight is 485 g/mol. The molecule has 1 N–H and O–H groups in total. The van der Waals surface area contributed by atoms with Gasteiger partial charge in [0.05, 0.1) is 23.2 Å². The van der Waals surface area contributed by atoms with Crippen LogP contribution >= 0.6 is 0 Å². The Hall–Kier alpha value is -3.03. The first-order chi connectivity index (χ1) is 15.3. The van der Waals surface area contributed by atoms with E-state index in [0.717, 1.165) is 4.52 Å². The lowest BCUT2D eigenvalue weighted by molar-refractivity contribution is -0.144. The van der Waals surface area contributed by atoms with Crippen LogP contribution in [0.3, 0.4) is 0 Å². The molecule has 178 valence electrons. The van der Waals surface area contributed by atoms with Crippen molar-refractivity contribution < 1.29 is 26.4 Å². The molecule has 4 heterocycles. The molecular weight excluding hydrogens is 463 g/mol. The number of nitrogens with zero attached hydrogens (tertiary/aromatic N) is 6. The molecular formula is C19H22F3N7O3S. The Morgan fingerprint density at radius 1 is 1.21 bits per heavy atom. The van der Waals surface area contributed by atoms with Crippen molar-refractivity contribution in [2.24, 2.45) is 0 Å². The molecule has 1 aliphatic rings. The van der Waals surface area contributed by atoms with Gasteiger partial charge in [0, 0.05) is 23.9 Å². The Morgan fingerprint density at radius 2 is 1.94 bits per heavy atom. The Labute approximate surface area is 187 Å². The van der Waals surface area contributed by atoms with E-state index >= 15 is 0 Å². The van der Waals surface area contributed by atoms with Crippen molar-refractivity contribution in [3.63, 3.8) is 0 Å². The van der Waals surface area contributed by atoms with E-state index in [4.69, 9.17) is 0 Å². The first-order valence-corrected chi connectivity index (χ1v) is 12.0. The van der Waals surface area contributed by atoms with Crippen molar-refractivity contribution in [3.8, 4) is 0 Å². The molecule has 0 aliphatic carbocycles. The molecule has 10 nitrogen and oxygen atoms in total. The van der Waals surface area contributed by atoms with Gasteiger partial charge in [-0.1, -0.05) is 0 Å². The number of carbonyl (C=O) groups excluding carboxylic acids is 1. The summed E-state index contributed by atoms with van der Waals surface area (Å²) in [5.74, 6) is -1.31. The minimum absolute atomic E-state index is 0.0289. The molecule has 0 saturated carbocycles. The van der Waals surface area contributed by atoms with Gasteiger partial charge < -0.3 is 5.32 Å². The van der Waals surface area contributed by atoms with E-state index in [1.54, 1.807) is 26.8 Å². The molecule has 0 bridgehead atoms. The van der Waals surface area contributed by atoms with Crippen molar-refractivity contribution in [3.05, 3.63) is 34.5 Å². The van der Waals surface area contributed by atoms with E-state index in [-0.39, 0.29) is 42.1 Å². The fourth-order valence-corrected chi connectivity index (χ4v) is 5.68. The molecule has 0 aromatic carbocycles. The zero-order valence-corrected chi connectivity index (χ0v) is 19.0. The standard InChI is InChI=1S/C19H22F3N7O3S/c1-10-8-15(29(26-10)13-6-7-33(31,32)9-13)24-16(30)5-4-14-11(2)23-18-25-17(19(20,21)22)27-28(18)12(14)3/h8,13H,4-7,9H2,1-3H3,(H,24,30). The quantitative estimate of drug-likeness (QED) is 0.587. The van der Waals surface area contributed by atoms with Gasteiger partial charge in [-0.05, 0) is 39.2 Å². The lowest BCUT2D eigenvalue weighted by atomic mass is 10.1. The number of amides is 1. The monoisotopic (exact) mass is 485 g/mol. The lowest BCUT2D eigenvalue weighted by Crippen LogP contribution is -2.20. The molecule has 0 radical (unpaired) electrons. The van der Waals surface area contributed by atoms with Gasteiger partial charge in [0.2, 0.25) is 5.91 Å². The van der Waals surface area contributed by atoms with Gasteiger partial charge in [0.25, 0.3) is 11.6 Å². The maximum Gasteiger partial charge on any atom is 0.453 e. The second-order valence-electron chi connectivity index (χ2n) is 8.13. The highest BCUT2D eigenvalue weighted by Crippen LogP contribution is 2.28. The molecule has 1 amide bonds. The molecule has 1 saturated heterocycles. The van der Waals surface area contributed by atoms with E-state index in [2.05, 4.69) is 25.5 Å². The minimum atomic E-state index is -4.69. The maximum atomic E-state index is 12.9. The van der Waals surface area contributed by atoms with E-state index in [0.29, 0.717) is 34.9 Å². The molecule has 1 aliphatic heterocycles. The van der Waals surface area contributed by atoms with Crippen LogP contribution in [0.4, 0.5) is 19.0 Å². The SMILES string of the molecule is Cc1cc(NC(=O)CCc2c(C)nc3nc(C(F)(F)F)nn3c2C)n(C2CCS(=O)(=O)C2)n1. The van der Waals surface area contributed by atoms with Gasteiger partial charge in [-0.3, -0.25) is 4.79 Å². The predicted octanol–water partition coefficient (Wildman–Crippen LogP) is 2.20. The summed E-state index contributed by atoms with van der Waals surface area (Å²) >= 11 is 0. The number of rotatable bonds is 5. The molecule has 3 aromatic rings. The van der Waals surface area contributed by atoms with Gasteiger partial charge in [-0.25, -0.2) is 22.6 Å². The second-order valence-corrected chi connectivity index (χ2v) is 10.4. The number of fused-ring (bicyclic) bond motifs is 1. The number of aromatic nitrogens is 6. The fraction of sp³-hybridized carbons (Fsp3) is 0.526. The van der Waals surface area contributed by atoms with Crippen molar-refractivity contribution in [1.82, 2.24) is 29.4 Å². The van der Waals surface area contributed by atoms with E-state index in [1.165, 1.54) is 4.68 Å². The Kier molecular flexibility index (Phi) is 5.66. The van der Waals surface area contributed by atoms with E-state index in [9.17, 15) is 26.4 Å². The summed E-state index contributed by atoms with van der Waals surface area (Å²) in [6.45, 7) is 4.99. The highest BCUT2D eigenvalue weighted by molar-refractivity contribution is 7.91. The Bertz CT molecular complexity index is 1340. The van der Waals surface area contributed by atoms with Gasteiger partial charge in [-0.2, -0.15) is 23.3 Å². The summed E-state index contributed by atoms with van der Waals surface area (Å²) in [5, 5.41) is 10.6. The second kappa shape index (κ2) is 8.08. The molecule has 33 heavy (non-hydrogen) atoms.